The van der Waals surface area contributed by atoms with Gasteiger partial charge < -0.3 is 11.1 Å². The Hall–Kier alpha value is -3.62. The maximum absolute atomic E-state index is 12.8. The molecule has 0 saturated heterocycles. The lowest BCUT2D eigenvalue weighted by Gasteiger charge is -2.14. The van der Waals surface area contributed by atoms with E-state index >= 15 is 0 Å². The molecule has 3 aromatic carbocycles. The minimum absolute atomic E-state index is 0.209. The summed E-state index contributed by atoms with van der Waals surface area (Å²) in [6.45, 7) is 1.79. The Balaban J connectivity index is 1.59. The molecule has 166 valence electrons. The van der Waals surface area contributed by atoms with E-state index in [1.165, 1.54) is 11.8 Å². The number of benzene rings is 3. The Morgan fingerprint density at radius 1 is 0.970 bits per heavy atom. The highest BCUT2D eigenvalue weighted by Gasteiger charge is 2.22. The fourth-order valence-electron chi connectivity index (χ4n) is 3.12. The van der Waals surface area contributed by atoms with Gasteiger partial charge in [0.15, 0.2) is 11.0 Å². The first kappa shape index (κ1) is 22.6. The Bertz CT molecular complexity index is 1270. The number of aromatic nitrogens is 3. The summed E-state index contributed by atoms with van der Waals surface area (Å²) in [5.74, 6) is -0.0682. The van der Waals surface area contributed by atoms with Crippen LogP contribution >= 0.6 is 23.4 Å². The summed E-state index contributed by atoms with van der Waals surface area (Å²) in [6.07, 6.45) is 0. The topological polar surface area (TPSA) is 103 Å². The molecule has 1 unspecified atom stereocenters. The Morgan fingerprint density at radius 3 is 2.27 bits per heavy atom. The fraction of sp³-hybridized carbons (Fsp3) is 0.0833. The average Bonchev–Trinajstić information content (AvgIpc) is 3.24. The molecular weight excluding hydrogens is 458 g/mol. The normalized spacial score (nSPS) is 11.7. The number of hydrogen-bond acceptors (Lipinski definition) is 5. The van der Waals surface area contributed by atoms with Gasteiger partial charge in [-0.25, -0.2) is 0 Å². The maximum atomic E-state index is 12.8. The summed E-state index contributed by atoms with van der Waals surface area (Å²) >= 11 is 7.37. The summed E-state index contributed by atoms with van der Waals surface area (Å²) in [7, 11) is 0. The second-order valence-electron chi connectivity index (χ2n) is 7.17. The van der Waals surface area contributed by atoms with Crippen LogP contribution in [0.3, 0.4) is 0 Å². The van der Waals surface area contributed by atoms with Gasteiger partial charge in [-0.1, -0.05) is 53.7 Å². The number of nitrogens with zero attached hydrogens (tertiary/aromatic N) is 3. The van der Waals surface area contributed by atoms with Crippen LogP contribution in [0.4, 0.5) is 5.69 Å². The zero-order valence-electron chi connectivity index (χ0n) is 17.6. The highest BCUT2D eigenvalue weighted by atomic mass is 35.5. The minimum atomic E-state index is -0.521. The Morgan fingerprint density at radius 2 is 1.64 bits per heavy atom. The molecule has 33 heavy (non-hydrogen) atoms. The van der Waals surface area contributed by atoms with Gasteiger partial charge in [0, 0.05) is 27.5 Å². The number of rotatable bonds is 7. The molecule has 1 aromatic heterocycles. The molecular formula is C24H20ClN5O2S. The summed E-state index contributed by atoms with van der Waals surface area (Å²) in [6, 6.07) is 23.5. The van der Waals surface area contributed by atoms with Gasteiger partial charge in [0.1, 0.15) is 0 Å². The summed E-state index contributed by atoms with van der Waals surface area (Å²) < 4.78 is 1.90. The van der Waals surface area contributed by atoms with Crippen LogP contribution in [0.5, 0.6) is 0 Å². The Kier molecular flexibility index (Phi) is 6.76. The van der Waals surface area contributed by atoms with E-state index in [0.29, 0.717) is 27.3 Å². The van der Waals surface area contributed by atoms with Gasteiger partial charge in [0.2, 0.25) is 11.8 Å². The standard InChI is InChI=1S/C24H20ClN5O2S/c1-15(23(32)27-19-11-7-16(8-12-19)21(26)31)33-24-29-28-22(17-5-3-2-4-6-17)30(24)20-13-9-18(25)10-14-20/h2-15H,1H3,(H2,26,31)(H,27,32). The first-order valence-electron chi connectivity index (χ1n) is 10.1. The molecule has 1 heterocycles. The molecule has 0 radical (unpaired) electrons. The number of nitrogens with one attached hydrogen (secondary N) is 1. The predicted molar refractivity (Wildman–Crippen MR) is 131 cm³/mol. The van der Waals surface area contributed by atoms with Crippen molar-refractivity contribution in [1.29, 1.82) is 0 Å². The highest BCUT2D eigenvalue weighted by molar-refractivity contribution is 8.00. The molecule has 7 nitrogen and oxygen atoms in total. The average molecular weight is 478 g/mol. The Labute approximate surface area is 200 Å². The largest absolute Gasteiger partial charge is 0.366 e. The second kappa shape index (κ2) is 9.89. The summed E-state index contributed by atoms with van der Waals surface area (Å²) in [4.78, 5) is 24.0. The lowest BCUT2D eigenvalue weighted by atomic mass is 10.2. The minimum Gasteiger partial charge on any atom is -0.366 e. The van der Waals surface area contributed by atoms with E-state index < -0.39 is 11.2 Å². The third-order valence-electron chi connectivity index (χ3n) is 4.84. The van der Waals surface area contributed by atoms with Gasteiger partial charge in [0.05, 0.1) is 5.25 Å². The first-order valence-corrected chi connectivity index (χ1v) is 11.3. The van der Waals surface area contributed by atoms with Crippen LogP contribution in [-0.2, 0) is 4.79 Å². The van der Waals surface area contributed by atoms with Crippen LogP contribution in [0.25, 0.3) is 17.1 Å². The third-order valence-corrected chi connectivity index (χ3v) is 6.13. The number of halogens is 1. The van der Waals surface area contributed by atoms with Crippen molar-refractivity contribution in [3.63, 3.8) is 0 Å². The van der Waals surface area contributed by atoms with Gasteiger partial charge in [-0.05, 0) is 55.5 Å². The smallest absolute Gasteiger partial charge is 0.248 e. The molecule has 2 amide bonds. The molecule has 4 aromatic rings. The van der Waals surface area contributed by atoms with Crippen LogP contribution in [0.15, 0.2) is 84.0 Å². The molecule has 1 atom stereocenters. The molecule has 0 fully saturated rings. The van der Waals surface area contributed by atoms with E-state index in [9.17, 15) is 9.59 Å². The van der Waals surface area contributed by atoms with E-state index in [1.807, 2.05) is 47.0 Å². The maximum Gasteiger partial charge on any atom is 0.248 e. The quantitative estimate of drug-likeness (QED) is 0.372. The molecule has 4 rings (SSSR count). The first-order chi connectivity index (χ1) is 15.9. The molecule has 0 aliphatic carbocycles. The number of carbonyl (C=O) groups excluding carboxylic acids is 2. The second-order valence-corrected chi connectivity index (χ2v) is 8.92. The van der Waals surface area contributed by atoms with E-state index in [0.717, 1.165) is 11.3 Å². The fourth-order valence-corrected chi connectivity index (χ4v) is 4.11. The van der Waals surface area contributed by atoms with Crippen molar-refractivity contribution in [1.82, 2.24) is 14.8 Å². The van der Waals surface area contributed by atoms with Crippen LogP contribution < -0.4 is 11.1 Å². The van der Waals surface area contributed by atoms with Crippen molar-refractivity contribution in [2.45, 2.75) is 17.3 Å². The van der Waals surface area contributed by atoms with Crippen LogP contribution in [-0.4, -0.2) is 31.8 Å². The van der Waals surface area contributed by atoms with E-state index in [-0.39, 0.29) is 5.91 Å². The number of nitrogens with two attached hydrogens (primary N) is 1. The van der Waals surface area contributed by atoms with Crippen molar-refractivity contribution in [2.75, 3.05) is 5.32 Å². The van der Waals surface area contributed by atoms with Crippen molar-refractivity contribution in [3.8, 4) is 17.1 Å². The lowest BCUT2D eigenvalue weighted by molar-refractivity contribution is -0.115. The number of hydrogen-bond donors (Lipinski definition) is 2. The van der Waals surface area contributed by atoms with Gasteiger partial charge in [-0.2, -0.15) is 0 Å². The number of primary amides is 1. The number of carbonyl (C=O) groups is 2. The zero-order chi connectivity index (χ0) is 23.4. The van der Waals surface area contributed by atoms with Crippen LogP contribution in [0, 0.1) is 0 Å². The SMILES string of the molecule is CC(Sc1nnc(-c2ccccc2)n1-c1ccc(Cl)cc1)C(=O)Nc1ccc(C(N)=O)cc1. The molecule has 9 heteroatoms. The van der Waals surface area contributed by atoms with E-state index in [2.05, 4.69) is 15.5 Å². The molecule has 0 aliphatic heterocycles. The summed E-state index contributed by atoms with van der Waals surface area (Å²) in [5.41, 5.74) is 7.94. The van der Waals surface area contributed by atoms with Crippen molar-refractivity contribution >= 4 is 40.9 Å². The molecule has 0 saturated carbocycles. The van der Waals surface area contributed by atoms with Gasteiger partial charge >= 0.3 is 0 Å². The van der Waals surface area contributed by atoms with Crippen molar-refractivity contribution < 1.29 is 9.59 Å². The van der Waals surface area contributed by atoms with E-state index in [1.54, 1.807) is 43.3 Å². The highest BCUT2D eigenvalue weighted by Crippen LogP contribution is 2.31. The van der Waals surface area contributed by atoms with Crippen LogP contribution in [0.1, 0.15) is 17.3 Å². The van der Waals surface area contributed by atoms with Gasteiger partial charge in [0.25, 0.3) is 0 Å². The number of anilines is 1. The zero-order valence-corrected chi connectivity index (χ0v) is 19.2. The van der Waals surface area contributed by atoms with Crippen molar-refractivity contribution in [3.05, 3.63) is 89.4 Å². The van der Waals surface area contributed by atoms with Gasteiger partial charge in [-0.3, -0.25) is 14.2 Å². The predicted octanol–water partition coefficient (Wildman–Crippen LogP) is 4.81. The lowest BCUT2D eigenvalue weighted by Crippen LogP contribution is -2.23. The third kappa shape index (κ3) is 5.24. The number of thioether (sulfide) groups is 1. The van der Waals surface area contributed by atoms with Crippen LogP contribution in [0.2, 0.25) is 5.02 Å². The number of amides is 2. The van der Waals surface area contributed by atoms with E-state index in [4.69, 9.17) is 17.3 Å². The summed E-state index contributed by atoms with van der Waals surface area (Å²) in [5, 5.41) is 12.3. The molecule has 0 spiro atoms. The van der Waals surface area contributed by atoms with Gasteiger partial charge in [-0.15, -0.1) is 10.2 Å². The monoisotopic (exact) mass is 477 g/mol. The molecule has 3 N–H and O–H groups in total. The molecule has 0 aliphatic rings. The van der Waals surface area contributed by atoms with Crippen molar-refractivity contribution in [2.24, 2.45) is 5.73 Å². The molecule has 0 bridgehead atoms.